The van der Waals surface area contributed by atoms with Gasteiger partial charge in [-0.15, -0.1) is 0 Å². The molecule has 2 fully saturated rings. The normalized spacial score (nSPS) is 23.2. The maximum absolute atomic E-state index is 13.9. The summed E-state index contributed by atoms with van der Waals surface area (Å²) in [5, 5.41) is 21.4. The van der Waals surface area contributed by atoms with Crippen molar-refractivity contribution in [3.05, 3.63) is 105 Å². The molecule has 0 radical (unpaired) electrons. The van der Waals surface area contributed by atoms with Gasteiger partial charge in [0.15, 0.2) is 0 Å². The van der Waals surface area contributed by atoms with Crippen LogP contribution in [0.25, 0.3) is 11.6 Å². The maximum atomic E-state index is 13.9. The minimum Gasteiger partial charge on any atom is -0.507 e. The molecular weight excluding hydrogens is 719 g/mol. The van der Waals surface area contributed by atoms with Crippen LogP contribution in [0.4, 0.5) is 32.0 Å². The largest absolute Gasteiger partial charge is 0.507 e. The smallest absolute Gasteiger partial charge is 0.455 e. The molecule has 2 N–H and O–H groups in total. The van der Waals surface area contributed by atoms with Crippen molar-refractivity contribution in [1.82, 2.24) is 0 Å². The van der Waals surface area contributed by atoms with Gasteiger partial charge in [-0.1, -0.05) is 51.8 Å². The highest BCUT2D eigenvalue weighted by molar-refractivity contribution is 9.10. The predicted octanol–water partition coefficient (Wildman–Crippen LogP) is 8.53. The first-order chi connectivity index (χ1) is 23.0. The van der Waals surface area contributed by atoms with Gasteiger partial charge in [-0.3, -0.25) is 9.59 Å². The number of phenols is 1. The summed E-state index contributed by atoms with van der Waals surface area (Å²) in [6.07, 6.45) is -8.52. The van der Waals surface area contributed by atoms with Gasteiger partial charge in [-0.25, -0.2) is 4.90 Å². The molecule has 256 valence electrons. The Morgan fingerprint density at radius 3 is 2.24 bits per heavy atom. The first-order valence-corrected chi connectivity index (χ1v) is 16.3. The number of aromatic hydroxyl groups is 1. The van der Waals surface area contributed by atoms with E-state index in [4.69, 9.17) is 4.65 Å². The summed E-state index contributed by atoms with van der Waals surface area (Å²) in [7, 11) is -1.34. The summed E-state index contributed by atoms with van der Waals surface area (Å²) in [5.41, 5.74) is -0.410. The molecule has 2 saturated heterocycles. The fraction of sp³-hybridized carbons (Fsp3) is 0.314. The summed E-state index contributed by atoms with van der Waals surface area (Å²) in [6.45, 7) is 1.76. The fourth-order valence-electron chi connectivity index (χ4n) is 7.31. The summed E-state index contributed by atoms with van der Waals surface area (Å²) in [5.74, 6) is -4.62. The summed E-state index contributed by atoms with van der Waals surface area (Å²) in [4.78, 5) is 28.0. The van der Waals surface area contributed by atoms with Gasteiger partial charge in [0.05, 0.1) is 34.8 Å². The highest BCUT2D eigenvalue weighted by Crippen LogP contribution is 2.52. The van der Waals surface area contributed by atoms with Gasteiger partial charge in [0.1, 0.15) is 5.75 Å². The molecule has 6 nitrogen and oxygen atoms in total. The molecule has 3 aromatic rings. The second kappa shape index (κ2) is 13.1. The number of imide groups is 1. The molecule has 6 rings (SSSR count). The lowest BCUT2D eigenvalue weighted by atomic mass is 9.58. The zero-order valence-electron chi connectivity index (χ0n) is 25.9. The molecule has 0 aromatic heterocycles. The average molecular weight is 748 g/mol. The maximum Gasteiger partial charge on any atom is 0.455 e. The summed E-state index contributed by atoms with van der Waals surface area (Å²) >= 11 is 3.42. The van der Waals surface area contributed by atoms with Crippen LogP contribution >= 0.6 is 15.9 Å². The molecular formula is C35H29BBrF6NO5. The zero-order chi connectivity index (χ0) is 35.4. The Morgan fingerprint density at radius 2 is 1.61 bits per heavy atom. The SMILES string of the molecule is CC1=C2[C@@H](CC/C(=C/c3cc(Br)ccc3O)c3ccccc3)OB(O)C[C@@H]2[C@@H]2C(=O)N(c3cc(C(F)(F)F)cc(C(F)(F)F)c3)C(=O)[C@@H]2C1. The first-order valence-electron chi connectivity index (χ1n) is 15.5. The standard InChI is InChI=1S/C35H29BBrF6NO5/c1-18-11-26-31(33(47)44(32(26)46)25-15-22(34(38,39)40)14-23(16-25)35(41,42)43)27-17-36(48)49-29(30(18)27)10-7-20(19-5-3-2-4-6-19)12-21-13-24(37)8-9-28(21)45/h2-6,8-9,12-16,26-27,29,31,45,48H,7,10-11,17H2,1H3/b20-12-/t26-,27+,29-,31-/m1/s1. The van der Waals surface area contributed by atoms with E-state index in [-0.39, 0.29) is 24.6 Å². The van der Waals surface area contributed by atoms with Crippen molar-refractivity contribution < 1.29 is 50.7 Å². The van der Waals surface area contributed by atoms with Crippen LogP contribution < -0.4 is 4.90 Å². The lowest BCUT2D eigenvalue weighted by Crippen LogP contribution is -2.46. The van der Waals surface area contributed by atoms with Crippen LogP contribution in [-0.4, -0.2) is 35.2 Å². The molecule has 3 aromatic carbocycles. The van der Waals surface area contributed by atoms with Crippen LogP contribution in [0.15, 0.2) is 82.3 Å². The Labute approximate surface area is 286 Å². The average Bonchev–Trinajstić information content (AvgIpc) is 3.28. The third-order valence-corrected chi connectivity index (χ3v) is 9.92. The number of anilines is 1. The molecule has 0 spiro atoms. The van der Waals surface area contributed by atoms with E-state index in [9.17, 15) is 46.1 Å². The first kappa shape index (κ1) is 35.0. The topological polar surface area (TPSA) is 87.1 Å². The van der Waals surface area contributed by atoms with E-state index in [1.165, 1.54) is 0 Å². The number of hydrogen-bond acceptors (Lipinski definition) is 5. The van der Waals surface area contributed by atoms with Crippen LogP contribution in [0.1, 0.15) is 48.4 Å². The second-order valence-corrected chi connectivity index (χ2v) is 13.5. The Hall–Kier alpha value is -3.88. The molecule has 0 bridgehead atoms. The second-order valence-electron chi connectivity index (χ2n) is 12.5. The quantitative estimate of drug-likeness (QED) is 0.0869. The Balaban J connectivity index is 1.32. The summed E-state index contributed by atoms with van der Waals surface area (Å²) in [6, 6.07) is 15.1. The van der Waals surface area contributed by atoms with Gasteiger partial charge in [-0.05, 0) is 97.6 Å². The molecule has 49 heavy (non-hydrogen) atoms. The van der Waals surface area contributed by atoms with E-state index in [0.29, 0.717) is 46.6 Å². The van der Waals surface area contributed by atoms with Crippen LogP contribution in [0, 0.1) is 17.8 Å². The number of hydrogen-bond donors (Lipinski definition) is 2. The summed E-state index contributed by atoms with van der Waals surface area (Å²) < 4.78 is 88.6. The predicted molar refractivity (Wildman–Crippen MR) is 174 cm³/mol. The number of alkyl halides is 6. The Morgan fingerprint density at radius 1 is 0.959 bits per heavy atom. The molecule has 2 heterocycles. The van der Waals surface area contributed by atoms with Crippen molar-refractivity contribution in [2.75, 3.05) is 4.90 Å². The van der Waals surface area contributed by atoms with Gasteiger partial charge in [0.25, 0.3) is 0 Å². The molecule has 14 heteroatoms. The highest BCUT2D eigenvalue weighted by atomic mass is 79.9. The van der Waals surface area contributed by atoms with E-state index in [2.05, 4.69) is 15.9 Å². The molecule has 1 aliphatic carbocycles. The van der Waals surface area contributed by atoms with Crippen LogP contribution in [-0.2, 0) is 26.6 Å². The Kier molecular flexibility index (Phi) is 9.35. The number of rotatable bonds is 6. The molecule has 2 aliphatic heterocycles. The van der Waals surface area contributed by atoms with E-state index in [0.717, 1.165) is 15.6 Å². The number of fused-ring (bicyclic) bond motifs is 3. The van der Waals surface area contributed by atoms with Gasteiger partial charge in [-0.2, -0.15) is 26.3 Å². The van der Waals surface area contributed by atoms with E-state index in [1.807, 2.05) is 36.4 Å². The lowest BCUT2D eigenvalue weighted by molar-refractivity contribution is -0.143. The fourth-order valence-corrected chi connectivity index (χ4v) is 7.69. The molecule has 3 aliphatic rings. The minimum atomic E-state index is -5.17. The number of nitrogens with zero attached hydrogens (tertiary/aromatic N) is 1. The van der Waals surface area contributed by atoms with Crippen LogP contribution in [0.2, 0.25) is 6.32 Å². The third kappa shape index (κ3) is 6.95. The molecule has 2 amide bonds. The van der Waals surface area contributed by atoms with Gasteiger partial charge in [0.2, 0.25) is 11.8 Å². The number of halogens is 7. The van der Waals surface area contributed by atoms with Gasteiger partial charge in [0, 0.05) is 10.0 Å². The van der Waals surface area contributed by atoms with Gasteiger partial charge >= 0.3 is 19.5 Å². The number of carbonyl (C=O) groups is 2. The number of phenolic OH excluding ortho intramolecular Hbond substituents is 1. The zero-order valence-corrected chi connectivity index (χ0v) is 27.4. The van der Waals surface area contributed by atoms with Crippen LogP contribution in [0.5, 0.6) is 5.75 Å². The highest BCUT2D eigenvalue weighted by Gasteiger charge is 2.57. The monoisotopic (exact) mass is 747 g/mol. The Bertz CT molecular complexity index is 1830. The number of carbonyl (C=O) groups excluding carboxylic acids is 2. The molecule has 0 unspecified atom stereocenters. The van der Waals surface area contributed by atoms with E-state index < -0.39 is 72.0 Å². The van der Waals surface area contributed by atoms with Gasteiger partial charge < -0.3 is 14.8 Å². The minimum absolute atomic E-state index is 0.0475. The number of amides is 2. The van der Waals surface area contributed by atoms with Crippen molar-refractivity contribution in [2.45, 2.75) is 51.0 Å². The molecule has 0 saturated carbocycles. The van der Waals surface area contributed by atoms with Crippen molar-refractivity contribution in [2.24, 2.45) is 17.8 Å². The van der Waals surface area contributed by atoms with E-state index >= 15 is 0 Å². The lowest BCUT2D eigenvalue weighted by Gasteiger charge is -2.42. The number of benzene rings is 3. The van der Waals surface area contributed by atoms with Crippen LogP contribution in [0.3, 0.4) is 0 Å². The van der Waals surface area contributed by atoms with Crippen molar-refractivity contribution in [3.63, 3.8) is 0 Å². The van der Waals surface area contributed by atoms with E-state index in [1.54, 1.807) is 25.1 Å². The molecule has 4 atom stereocenters. The third-order valence-electron chi connectivity index (χ3n) is 9.42. The number of allylic oxidation sites excluding steroid dienone is 2. The van der Waals surface area contributed by atoms with Crippen molar-refractivity contribution in [1.29, 1.82) is 0 Å². The van der Waals surface area contributed by atoms with Crippen molar-refractivity contribution in [3.8, 4) is 5.75 Å². The van der Waals surface area contributed by atoms with Crippen molar-refractivity contribution >= 4 is 52.2 Å².